The molecule has 1 fully saturated rings. The van der Waals surface area contributed by atoms with Crippen LogP contribution in [-0.2, 0) is 21.5 Å². The Morgan fingerprint density at radius 1 is 1.33 bits per heavy atom. The van der Waals surface area contributed by atoms with E-state index in [1.165, 1.54) is 11.1 Å². The summed E-state index contributed by atoms with van der Waals surface area (Å²) in [7, 11) is 3.61. The van der Waals surface area contributed by atoms with Crippen LogP contribution in [0.3, 0.4) is 0 Å². The van der Waals surface area contributed by atoms with Gasteiger partial charge in [-0.2, -0.15) is 0 Å². The monoisotopic (exact) mass is 328 g/mol. The second-order valence-electron chi connectivity index (χ2n) is 6.94. The average molecular weight is 328 g/mol. The van der Waals surface area contributed by atoms with Crippen molar-refractivity contribution in [2.24, 2.45) is 0 Å². The highest BCUT2D eigenvalue weighted by Gasteiger charge is 2.61. The summed E-state index contributed by atoms with van der Waals surface area (Å²) in [4.78, 5) is 14.8. The number of fused-ring (bicyclic) bond motifs is 2. The van der Waals surface area contributed by atoms with Gasteiger partial charge in [-0.3, -0.25) is 4.79 Å². The van der Waals surface area contributed by atoms with Crippen molar-refractivity contribution in [3.63, 3.8) is 0 Å². The lowest BCUT2D eigenvalue weighted by Crippen LogP contribution is -2.56. The molecule has 1 saturated heterocycles. The van der Waals surface area contributed by atoms with Crippen LogP contribution < -0.4 is 14.8 Å². The summed E-state index contributed by atoms with van der Waals surface area (Å²) in [6.07, 6.45) is 5.10. The van der Waals surface area contributed by atoms with E-state index in [1.807, 2.05) is 18.0 Å². The van der Waals surface area contributed by atoms with Crippen LogP contribution >= 0.6 is 0 Å². The van der Waals surface area contributed by atoms with Crippen LogP contribution in [0.1, 0.15) is 17.5 Å². The number of amides is 1. The molecule has 24 heavy (non-hydrogen) atoms. The van der Waals surface area contributed by atoms with Crippen LogP contribution in [0, 0.1) is 0 Å². The van der Waals surface area contributed by atoms with Gasteiger partial charge < -0.3 is 24.4 Å². The number of hydrogen-bond donors (Lipinski definition) is 1. The molecule has 3 aliphatic heterocycles. The van der Waals surface area contributed by atoms with Crippen LogP contribution in [0.5, 0.6) is 11.5 Å². The first-order valence-electron chi connectivity index (χ1n) is 8.30. The third kappa shape index (κ3) is 1.60. The number of rotatable bonds is 1. The molecule has 0 radical (unpaired) electrons. The first-order valence-corrected chi connectivity index (χ1v) is 8.30. The Bertz CT molecular complexity index is 762. The van der Waals surface area contributed by atoms with Crippen molar-refractivity contribution < 1.29 is 19.0 Å². The second-order valence-corrected chi connectivity index (χ2v) is 6.94. The lowest BCUT2D eigenvalue weighted by Gasteiger charge is -2.45. The summed E-state index contributed by atoms with van der Waals surface area (Å²) in [5.74, 6) is 1.70. The molecule has 3 heterocycles. The molecule has 6 heteroatoms. The first-order chi connectivity index (χ1) is 11.6. The van der Waals surface area contributed by atoms with E-state index >= 15 is 0 Å². The third-order valence-electron chi connectivity index (χ3n) is 6.00. The molecule has 1 spiro atoms. The molecule has 1 amide bonds. The lowest BCUT2D eigenvalue weighted by atomic mass is 9.64. The van der Waals surface area contributed by atoms with Gasteiger partial charge >= 0.3 is 0 Å². The van der Waals surface area contributed by atoms with Gasteiger partial charge in [0.1, 0.15) is 6.04 Å². The minimum absolute atomic E-state index is 0.0361. The first kappa shape index (κ1) is 14.3. The van der Waals surface area contributed by atoms with E-state index in [9.17, 15) is 4.79 Å². The van der Waals surface area contributed by atoms with Crippen LogP contribution in [0.4, 0.5) is 0 Å². The Balaban J connectivity index is 1.73. The second kappa shape index (κ2) is 4.74. The van der Waals surface area contributed by atoms with E-state index in [4.69, 9.17) is 14.2 Å². The molecule has 1 aliphatic carbocycles. The summed E-state index contributed by atoms with van der Waals surface area (Å²) in [6, 6.07) is 3.94. The zero-order valence-corrected chi connectivity index (χ0v) is 13.7. The van der Waals surface area contributed by atoms with E-state index in [2.05, 4.69) is 23.5 Å². The maximum Gasteiger partial charge on any atom is 0.241 e. The van der Waals surface area contributed by atoms with Crippen LogP contribution in [0.2, 0.25) is 0 Å². The zero-order valence-electron chi connectivity index (χ0n) is 13.7. The lowest BCUT2D eigenvalue weighted by molar-refractivity contribution is -0.129. The van der Waals surface area contributed by atoms with Crippen LogP contribution in [-0.4, -0.2) is 49.9 Å². The predicted molar refractivity (Wildman–Crippen MR) is 86.0 cm³/mol. The van der Waals surface area contributed by atoms with Crippen LogP contribution in [0.15, 0.2) is 24.3 Å². The number of ether oxygens (including phenoxy) is 3. The molecular weight excluding hydrogens is 308 g/mol. The fraction of sp³-hybridized carbons (Fsp3) is 0.500. The Morgan fingerprint density at radius 2 is 2.12 bits per heavy atom. The molecule has 1 N–H and O–H groups in total. The topological polar surface area (TPSA) is 60.0 Å². The number of nitrogens with one attached hydrogen (secondary N) is 1. The molecule has 1 aromatic rings. The Labute approximate surface area is 140 Å². The number of benzene rings is 1. The molecule has 0 aromatic heterocycles. The fourth-order valence-electron chi connectivity index (χ4n) is 4.80. The van der Waals surface area contributed by atoms with Gasteiger partial charge in [-0.25, -0.2) is 0 Å². The van der Waals surface area contributed by atoms with E-state index in [-0.39, 0.29) is 36.3 Å². The Kier molecular flexibility index (Phi) is 2.82. The van der Waals surface area contributed by atoms with Crippen molar-refractivity contribution in [3.8, 4) is 11.5 Å². The number of methoxy groups -OCH3 is 1. The maximum absolute atomic E-state index is 12.9. The minimum Gasteiger partial charge on any atom is -0.454 e. The molecule has 126 valence electrons. The van der Waals surface area contributed by atoms with Crippen molar-refractivity contribution in [3.05, 3.63) is 35.4 Å². The summed E-state index contributed by atoms with van der Waals surface area (Å²) in [5.41, 5.74) is 1.96. The van der Waals surface area contributed by atoms with Gasteiger partial charge in [-0.05, 0) is 29.7 Å². The number of hydrogen-bond acceptors (Lipinski definition) is 5. The molecule has 4 aliphatic rings. The molecule has 0 bridgehead atoms. The van der Waals surface area contributed by atoms with Gasteiger partial charge in [-0.1, -0.05) is 12.2 Å². The summed E-state index contributed by atoms with van der Waals surface area (Å²) in [5, 5.41) is 3.45. The van der Waals surface area contributed by atoms with Crippen molar-refractivity contribution in [2.75, 3.05) is 21.0 Å². The van der Waals surface area contributed by atoms with Gasteiger partial charge in [0.25, 0.3) is 0 Å². The van der Waals surface area contributed by atoms with Gasteiger partial charge in [-0.15, -0.1) is 0 Å². The molecule has 0 unspecified atom stereocenters. The van der Waals surface area contributed by atoms with E-state index in [0.717, 1.165) is 17.9 Å². The van der Waals surface area contributed by atoms with Crippen molar-refractivity contribution in [1.82, 2.24) is 10.2 Å². The third-order valence-corrected chi connectivity index (χ3v) is 6.00. The molecule has 4 atom stereocenters. The molecule has 1 aromatic carbocycles. The summed E-state index contributed by atoms with van der Waals surface area (Å²) in [6.45, 7) is 0.915. The SMILES string of the molecule is CO[C@@H]1C=C[C@@]23c4cc5c(cc4CN[C@@H]2C(=O)N(C)[C@H]3C1)OCO5. The minimum atomic E-state index is -0.380. The quantitative estimate of drug-likeness (QED) is 0.778. The molecular formula is C18H20N2O4. The van der Waals surface area contributed by atoms with E-state index < -0.39 is 0 Å². The maximum atomic E-state index is 12.9. The number of carbonyl (C=O) groups excluding carboxylic acids is 1. The van der Waals surface area contributed by atoms with Gasteiger partial charge in [0.2, 0.25) is 12.7 Å². The number of likely N-dealkylation sites (N-methyl/N-ethyl adjacent to an activating group) is 1. The van der Waals surface area contributed by atoms with Crippen molar-refractivity contribution >= 4 is 5.91 Å². The Morgan fingerprint density at radius 3 is 2.92 bits per heavy atom. The van der Waals surface area contributed by atoms with Gasteiger partial charge in [0.05, 0.1) is 11.5 Å². The number of nitrogens with zero attached hydrogens (tertiary/aromatic N) is 1. The predicted octanol–water partition coefficient (Wildman–Crippen LogP) is 0.940. The van der Waals surface area contributed by atoms with Gasteiger partial charge in [0.15, 0.2) is 11.5 Å². The molecule has 5 rings (SSSR count). The smallest absolute Gasteiger partial charge is 0.241 e. The van der Waals surface area contributed by atoms with Crippen LogP contribution in [0.25, 0.3) is 0 Å². The molecule has 0 saturated carbocycles. The van der Waals surface area contributed by atoms with Gasteiger partial charge in [0, 0.05) is 26.7 Å². The summed E-state index contributed by atoms with van der Waals surface area (Å²) < 4.78 is 16.6. The number of likely N-dealkylation sites (tertiary alicyclic amines) is 1. The van der Waals surface area contributed by atoms with E-state index in [0.29, 0.717) is 6.54 Å². The zero-order chi connectivity index (χ0) is 16.5. The highest BCUT2D eigenvalue weighted by Crippen LogP contribution is 2.51. The average Bonchev–Trinajstić information content (AvgIpc) is 3.14. The fourth-order valence-corrected chi connectivity index (χ4v) is 4.80. The summed E-state index contributed by atoms with van der Waals surface area (Å²) >= 11 is 0. The van der Waals surface area contributed by atoms with Crippen molar-refractivity contribution in [2.45, 2.75) is 36.6 Å². The normalized spacial score (nSPS) is 35.7. The molecule has 6 nitrogen and oxygen atoms in total. The highest BCUT2D eigenvalue weighted by atomic mass is 16.7. The van der Waals surface area contributed by atoms with Crippen molar-refractivity contribution in [1.29, 1.82) is 0 Å². The number of carbonyl (C=O) groups is 1. The highest BCUT2D eigenvalue weighted by molar-refractivity contribution is 5.89. The van der Waals surface area contributed by atoms with E-state index in [1.54, 1.807) is 7.11 Å². The largest absolute Gasteiger partial charge is 0.454 e. The Hall–Kier alpha value is -2.05. The standard InChI is InChI=1S/C18H20N2O4/c1-20-15-6-11(22-2)3-4-18(15)12-7-14-13(23-9-24-14)5-10(12)8-19-16(18)17(20)21/h3-5,7,11,15-16,19H,6,8-9H2,1-2H3/t11-,15+,16-,18+/m1/s1.